The van der Waals surface area contributed by atoms with E-state index in [1.54, 1.807) is 11.1 Å². The number of sulfone groups is 1. The molecule has 1 N–H and O–H groups in total. The molecule has 0 radical (unpaired) electrons. The fraction of sp³-hybridized carbons (Fsp3) is 0.733. The predicted molar refractivity (Wildman–Crippen MR) is 92.4 cm³/mol. The minimum atomic E-state index is -3.16. The molecule has 8 heteroatoms. The van der Waals surface area contributed by atoms with Gasteiger partial charge in [-0.05, 0) is 19.3 Å². The van der Waals surface area contributed by atoms with Crippen LogP contribution in [0.25, 0.3) is 0 Å². The quantitative estimate of drug-likeness (QED) is 0.876. The second kappa shape index (κ2) is 7.17. The Morgan fingerprint density at radius 2 is 2.13 bits per heavy atom. The lowest BCUT2D eigenvalue weighted by molar-refractivity contribution is 0.183. The number of nitrogens with one attached hydrogen (secondary N) is 1. The second-order valence-electron chi connectivity index (χ2n) is 5.91. The smallest absolute Gasteiger partial charge is 0.318 e. The van der Waals surface area contributed by atoms with Crippen molar-refractivity contribution in [3.05, 3.63) is 16.6 Å². The van der Waals surface area contributed by atoms with Crippen LogP contribution in [0.5, 0.6) is 0 Å². The van der Waals surface area contributed by atoms with E-state index in [0.29, 0.717) is 12.8 Å². The van der Waals surface area contributed by atoms with E-state index >= 15 is 0 Å². The average Bonchev–Trinajstić information content (AvgIpc) is 3.06. The number of hydrogen-bond acceptors (Lipinski definition) is 5. The third-order valence-electron chi connectivity index (χ3n) is 4.80. The van der Waals surface area contributed by atoms with Crippen molar-refractivity contribution in [3.8, 4) is 0 Å². The molecule has 1 aliphatic heterocycles. The lowest BCUT2D eigenvalue weighted by Gasteiger charge is -2.41. The average molecular weight is 360 g/mol. The number of rotatable bonds is 5. The molecule has 130 valence electrons. The number of aromatic nitrogens is 1. The van der Waals surface area contributed by atoms with Gasteiger partial charge in [-0.15, -0.1) is 11.3 Å². The van der Waals surface area contributed by atoms with E-state index in [1.165, 1.54) is 11.3 Å². The van der Waals surface area contributed by atoms with Crippen molar-refractivity contribution in [3.63, 3.8) is 0 Å². The predicted octanol–water partition coefficient (Wildman–Crippen LogP) is 2.59. The molecule has 0 bridgehead atoms. The first-order chi connectivity index (χ1) is 10.9. The van der Waals surface area contributed by atoms with Crippen LogP contribution in [0.15, 0.2) is 11.6 Å². The lowest BCUT2D eigenvalue weighted by atomic mass is 10.0. The summed E-state index contributed by atoms with van der Waals surface area (Å²) in [6.07, 6.45) is 3.53. The van der Waals surface area contributed by atoms with Gasteiger partial charge in [-0.2, -0.15) is 0 Å². The molecular formula is C15H25N3O3S2. The molecule has 1 aliphatic rings. The summed E-state index contributed by atoms with van der Waals surface area (Å²) in [6, 6.07) is -0.327. The van der Waals surface area contributed by atoms with Gasteiger partial charge in [0.25, 0.3) is 0 Å². The van der Waals surface area contributed by atoms with Crippen LogP contribution >= 0.6 is 11.3 Å². The normalized spacial score (nSPS) is 20.9. The zero-order chi connectivity index (χ0) is 17.1. The monoisotopic (exact) mass is 359 g/mol. The van der Waals surface area contributed by atoms with Crippen molar-refractivity contribution in [2.75, 3.05) is 18.8 Å². The molecule has 2 amide bonds. The zero-order valence-corrected chi connectivity index (χ0v) is 15.5. The number of nitrogens with zero attached hydrogens (tertiary/aromatic N) is 2. The van der Waals surface area contributed by atoms with E-state index in [0.717, 1.165) is 11.4 Å². The van der Waals surface area contributed by atoms with Gasteiger partial charge in [0.2, 0.25) is 0 Å². The van der Waals surface area contributed by atoms with Crippen molar-refractivity contribution >= 4 is 27.2 Å². The number of hydrogen-bond donors (Lipinski definition) is 1. The third kappa shape index (κ3) is 3.52. The van der Waals surface area contributed by atoms with Crippen molar-refractivity contribution in [1.29, 1.82) is 0 Å². The molecule has 2 heterocycles. The van der Waals surface area contributed by atoms with Gasteiger partial charge in [0.15, 0.2) is 9.84 Å². The minimum Gasteiger partial charge on any atom is -0.329 e. The zero-order valence-electron chi connectivity index (χ0n) is 13.9. The van der Waals surface area contributed by atoms with Crippen molar-refractivity contribution in [1.82, 2.24) is 15.2 Å². The van der Waals surface area contributed by atoms with Crippen LogP contribution in [0.1, 0.15) is 51.1 Å². The molecule has 2 rings (SSSR count). The summed E-state index contributed by atoms with van der Waals surface area (Å²) < 4.78 is 24.1. The van der Waals surface area contributed by atoms with E-state index in [2.05, 4.69) is 10.3 Å². The Morgan fingerprint density at radius 1 is 1.43 bits per heavy atom. The molecule has 1 atom stereocenters. The summed E-state index contributed by atoms with van der Waals surface area (Å²) in [5.74, 6) is 0.0378. The van der Waals surface area contributed by atoms with Crippen molar-refractivity contribution in [2.45, 2.75) is 50.8 Å². The lowest BCUT2D eigenvalue weighted by Crippen LogP contribution is -2.59. The maximum Gasteiger partial charge on any atom is 0.318 e. The van der Waals surface area contributed by atoms with Gasteiger partial charge in [-0.3, -0.25) is 0 Å². The van der Waals surface area contributed by atoms with Crippen LogP contribution < -0.4 is 5.32 Å². The molecule has 23 heavy (non-hydrogen) atoms. The fourth-order valence-corrected chi connectivity index (χ4v) is 5.94. The SMILES string of the molecule is CCC(NC(=O)N1CCS(=O)(=O)C(CC)(CC)C1)c1nccs1. The molecule has 1 aromatic rings. The van der Waals surface area contributed by atoms with Gasteiger partial charge in [-0.25, -0.2) is 18.2 Å². The fourth-order valence-electron chi connectivity index (χ4n) is 3.04. The first-order valence-corrected chi connectivity index (χ1v) is 10.6. The first-order valence-electron chi connectivity index (χ1n) is 8.06. The van der Waals surface area contributed by atoms with Crippen LogP contribution in [0.4, 0.5) is 4.79 Å². The molecule has 0 saturated carbocycles. The first kappa shape index (κ1) is 18.2. The van der Waals surface area contributed by atoms with E-state index < -0.39 is 14.6 Å². The molecule has 0 spiro atoms. The van der Waals surface area contributed by atoms with Crippen molar-refractivity contribution in [2.24, 2.45) is 0 Å². The van der Waals surface area contributed by atoms with Crippen LogP contribution in [0.2, 0.25) is 0 Å². The molecule has 6 nitrogen and oxygen atoms in total. The highest BCUT2D eigenvalue weighted by molar-refractivity contribution is 7.92. The second-order valence-corrected chi connectivity index (χ2v) is 9.34. The van der Waals surface area contributed by atoms with Gasteiger partial charge >= 0.3 is 6.03 Å². The number of carbonyl (C=O) groups excluding carboxylic acids is 1. The van der Waals surface area contributed by atoms with E-state index in [4.69, 9.17) is 0 Å². The van der Waals surface area contributed by atoms with Gasteiger partial charge in [0.1, 0.15) is 5.01 Å². The van der Waals surface area contributed by atoms with Crippen LogP contribution in [0.3, 0.4) is 0 Å². The van der Waals surface area contributed by atoms with E-state index in [9.17, 15) is 13.2 Å². The van der Waals surface area contributed by atoms with Gasteiger partial charge in [0.05, 0.1) is 16.5 Å². The summed E-state index contributed by atoms with van der Waals surface area (Å²) in [5.41, 5.74) is 0. The van der Waals surface area contributed by atoms with Crippen LogP contribution in [-0.2, 0) is 9.84 Å². The molecule has 0 aliphatic carbocycles. The Hall–Kier alpha value is -1.15. The molecule has 0 aromatic carbocycles. The van der Waals surface area contributed by atoms with Crippen molar-refractivity contribution < 1.29 is 13.2 Å². The Bertz CT molecular complexity index is 624. The third-order valence-corrected chi connectivity index (χ3v) is 8.44. The number of amides is 2. The molecule has 1 saturated heterocycles. The summed E-state index contributed by atoms with van der Waals surface area (Å²) in [5, 5.41) is 5.76. The molecule has 1 unspecified atom stereocenters. The van der Waals surface area contributed by atoms with E-state index in [1.807, 2.05) is 26.2 Å². The maximum absolute atomic E-state index is 12.6. The highest BCUT2D eigenvalue weighted by atomic mass is 32.2. The number of thiazole rings is 1. The van der Waals surface area contributed by atoms with Gasteiger partial charge < -0.3 is 10.2 Å². The summed E-state index contributed by atoms with van der Waals surface area (Å²) in [7, 11) is -3.16. The summed E-state index contributed by atoms with van der Waals surface area (Å²) >= 11 is 1.51. The molecule has 1 aromatic heterocycles. The standard InChI is InChI=1S/C15H25N3O3S2/c1-4-12(13-16-7-9-22-13)17-14(19)18-8-10-23(20,21)15(5-2,6-3)11-18/h7,9,12H,4-6,8,10-11H2,1-3H3,(H,17,19). The Labute approximate surface area is 142 Å². The Kier molecular flexibility index (Phi) is 5.67. The highest BCUT2D eigenvalue weighted by Crippen LogP contribution is 2.31. The Balaban J connectivity index is 2.11. The Morgan fingerprint density at radius 3 is 2.65 bits per heavy atom. The largest absolute Gasteiger partial charge is 0.329 e. The minimum absolute atomic E-state index is 0.0378. The highest BCUT2D eigenvalue weighted by Gasteiger charge is 2.46. The maximum atomic E-state index is 12.6. The summed E-state index contributed by atoms with van der Waals surface area (Å²) in [6.45, 7) is 6.28. The van der Waals surface area contributed by atoms with E-state index in [-0.39, 0.29) is 30.9 Å². The van der Waals surface area contributed by atoms with Crippen LogP contribution in [-0.4, -0.2) is 47.9 Å². The topological polar surface area (TPSA) is 79.4 Å². The van der Waals surface area contributed by atoms with Crippen LogP contribution in [0, 0.1) is 0 Å². The molecular weight excluding hydrogens is 334 g/mol. The molecule has 1 fully saturated rings. The number of carbonyl (C=O) groups is 1. The summed E-state index contributed by atoms with van der Waals surface area (Å²) in [4.78, 5) is 18.5. The van der Waals surface area contributed by atoms with Gasteiger partial charge in [0, 0.05) is 24.7 Å². The number of urea groups is 1. The van der Waals surface area contributed by atoms with Gasteiger partial charge in [-0.1, -0.05) is 20.8 Å².